The van der Waals surface area contributed by atoms with Crippen LogP contribution in [0.3, 0.4) is 0 Å². The maximum absolute atomic E-state index is 12.2. The van der Waals surface area contributed by atoms with Crippen LogP contribution in [0.4, 0.5) is 5.69 Å². The van der Waals surface area contributed by atoms with Crippen molar-refractivity contribution in [2.24, 2.45) is 0 Å². The molecule has 130 valence electrons. The first-order chi connectivity index (χ1) is 12.0. The minimum absolute atomic E-state index is 0.0219. The predicted molar refractivity (Wildman–Crippen MR) is 96.8 cm³/mol. The molecule has 1 atom stereocenters. The maximum atomic E-state index is 12.2. The van der Waals surface area contributed by atoms with Crippen molar-refractivity contribution in [3.8, 4) is 5.75 Å². The van der Waals surface area contributed by atoms with Gasteiger partial charge in [-0.05, 0) is 38.1 Å². The first-order valence-electron chi connectivity index (χ1n) is 8.37. The molecule has 3 rings (SSSR count). The molecule has 1 heterocycles. The maximum Gasteiger partial charge on any atom is 0.258 e. The Bertz CT molecular complexity index is 754. The third-order valence-corrected chi connectivity index (χ3v) is 4.23. The molecule has 1 aliphatic rings. The molecule has 0 bridgehead atoms. The summed E-state index contributed by atoms with van der Waals surface area (Å²) in [5, 5.41) is 2.88. The topological polar surface area (TPSA) is 58.6 Å². The van der Waals surface area contributed by atoms with E-state index in [0.717, 1.165) is 16.8 Å². The Balaban J connectivity index is 1.51. The van der Waals surface area contributed by atoms with E-state index in [1.807, 2.05) is 62.4 Å². The van der Waals surface area contributed by atoms with Gasteiger partial charge in [0.05, 0.1) is 6.04 Å². The highest BCUT2D eigenvalue weighted by Crippen LogP contribution is 2.22. The summed E-state index contributed by atoms with van der Waals surface area (Å²) < 4.78 is 5.47. The van der Waals surface area contributed by atoms with Gasteiger partial charge in [-0.15, -0.1) is 0 Å². The van der Waals surface area contributed by atoms with Crippen molar-refractivity contribution in [2.75, 3.05) is 18.1 Å². The molecule has 5 nitrogen and oxygen atoms in total. The van der Waals surface area contributed by atoms with Crippen molar-refractivity contribution in [3.63, 3.8) is 0 Å². The van der Waals surface area contributed by atoms with Crippen LogP contribution in [-0.4, -0.2) is 31.0 Å². The SMILES string of the molecule is Cc1ccc(OCC(=O)N[C@@H]2CC(=O)N(c3ccc(C)cc3)C2)cc1. The van der Waals surface area contributed by atoms with Gasteiger partial charge < -0.3 is 15.0 Å². The van der Waals surface area contributed by atoms with E-state index >= 15 is 0 Å². The Morgan fingerprint density at radius 3 is 2.32 bits per heavy atom. The Kier molecular flexibility index (Phi) is 5.03. The van der Waals surface area contributed by atoms with Crippen LogP contribution in [0.5, 0.6) is 5.75 Å². The summed E-state index contributed by atoms with van der Waals surface area (Å²) in [7, 11) is 0. The van der Waals surface area contributed by atoms with E-state index in [1.54, 1.807) is 4.90 Å². The number of carbonyl (C=O) groups is 2. The summed E-state index contributed by atoms with van der Waals surface area (Å²) in [5.41, 5.74) is 3.15. The average Bonchev–Trinajstić information content (AvgIpc) is 2.95. The molecule has 0 spiro atoms. The third kappa shape index (κ3) is 4.38. The molecule has 2 aromatic rings. The molecule has 0 aliphatic carbocycles. The number of aryl methyl sites for hydroxylation is 2. The first kappa shape index (κ1) is 17.0. The Labute approximate surface area is 147 Å². The summed E-state index contributed by atoms with van der Waals surface area (Å²) in [6, 6.07) is 15.2. The molecule has 2 aromatic carbocycles. The van der Waals surface area contributed by atoms with Crippen LogP contribution in [-0.2, 0) is 9.59 Å². The van der Waals surface area contributed by atoms with E-state index in [0.29, 0.717) is 18.7 Å². The van der Waals surface area contributed by atoms with Crippen LogP contribution < -0.4 is 15.0 Å². The highest BCUT2D eigenvalue weighted by atomic mass is 16.5. The smallest absolute Gasteiger partial charge is 0.258 e. The first-order valence-corrected chi connectivity index (χ1v) is 8.37. The van der Waals surface area contributed by atoms with Crippen molar-refractivity contribution in [1.82, 2.24) is 5.32 Å². The average molecular weight is 338 g/mol. The molecular weight excluding hydrogens is 316 g/mol. The van der Waals surface area contributed by atoms with Gasteiger partial charge in [-0.2, -0.15) is 0 Å². The molecular formula is C20H22N2O3. The Morgan fingerprint density at radius 1 is 1.08 bits per heavy atom. The van der Waals surface area contributed by atoms with Crippen LogP contribution in [0, 0.1) is 13.8 Å². The lowest BCUT2D eigenvalue weighted by Gasteiger charge is -2.17. The fourth-order valence-corrected chi connectivity index (χ4v) is 2.83. The van der Waals surface area contributed by atoms with Gasteiger partial charge in [0.15, 0.2) is 6.61 Å². The second-order valence-electron chi connectivity index (χ2n) is 6.41. The number of rotatable bonds is 5. The molecule has 1 saturated heterocycles. The minimum Gasteiger partial charge on any atom is -0.484 e. The van der Waals surface area contributed by atoms with E-state index in [9.17, 15) is 9.59 Å². The van der Waals surface area contributed by atoms with E-state index < -0.39 is 0 Å². The monoisotopic (exact) mass is 338 g/mol. The van der Waals surface area contributed by atoms with Crippen LogP contribution in [0.25, 0.3) is 0 Å². The van der Waals surface area contributed by atoms with Gasteiger partial charge in [0.2, 0.25) is 5.91 Å². The fourth-order valence-electron chi connectivity index (χ4n) is 2.83. The van der Waals surface area contributed by atoms with Crippen molar-refractivity contribution >= 4 is 17.5 Å². The number of ether oxygens (including phenoxy) is 1. The molecule has 1 N–H and O–H groups in total. The molecule has 0 aromatic heterocycles. The second-order valence-corrected chi connectivity index (χ2v) is 6.41. The Morgan fingerprint density at radius 2 is 1.68 bits per heavy atom. The molecule has 25 heavy (non-hydrogen) atoms. The van der Waals surface area contributed by atoms with E-state index in [-0.39, 0.29) is 24.5 Å². The summed E-state index contributed by atoms with van der Waals surface area (Å²) in [4.78, 5) is 26.0. The van der Waals surface area contributed by atoms with Crippen molar-refractivity contribution < 1.29 is 14.3 Å². The number of carbonyl (C=O) groups excluding carboxylic acids is 2. The highest BCUT2D eigenvalue weighted by molar-refractivity contribution is 5.96. The van der Waals surface area contributed by atoms with Gasteiger partial charge in [0, 0.05) is 18.7 Å². The van der Waals surface area contributed by atoms with E-state index in [4.69, 9.17) is 4.74 Å². The summed E-state index contributed by atoms with van der Waals surface area (Å²) in [6.45, 7) is 4.43. The van der Waals surface area contributed by atoms with Crippen LogP contribution in [0.2, 0.25) is 0 Å². The van der Waals surface area contributed by atoms with Gasteiger partial charge in [-0.25, -0.2) is 0 Å². The number of anilines is 1. The third-order valence-electron chi connectivity index (χ3n) is 4.23. The molecule has 2 amide bonds. The number of nitrogens with one attached hydrogen (secondary N) is 1. The zero-order chi connectivity index (χ0) is 17.8. The van der Waals surface area contributed by atoms with Gasteiger partial charge in [-0.3, -0.25) is 9.59 Å². The Hall–Kier alpha value is -2.82. The highest BCUT2D eigenvalue weighted by Gasteiger charge is 2.31. The lowest BCUT2D eigenvalue weighted by atomic mass is 10.2. The quantitative estimate of drug-likeness (QED) is 0.912. The number of amides is 2. The lowest BCUT2D eigenvalue weighted by molar-refractivity contribution is -0.123. The minimum atomic E-state index is -0.218. The standard InChI is InChI=1S/C20H22N2O3/c1-14-3-7-17(8-4-14)22-12-16(11-20(22)24)21-19(23)13-25-18-9-5-15(2)6-10-18/h3-10,16H,11-13H2,1-2H3,(H,21,23)/t16-/m1/s1. The lowest BCUT2D eigenvalue weighted by Crippen LogP contribution is -2.39. The number of benzene rings is 2. The summed E-state index contributed by atoms with van der Waals surface area (Å²) in [5.74, 6) is 0.460. The summed E-state index contributed by atoms with van der Waals surface area (Å²) in [6.07, 6.45) is 0.310. The number of nitrogens with zero attached hydrogens (tertiary/aromatic N) is 1. The number of hydrogen-bond acceptors (Lipinski definition) is 3. The fraction of sp³-hybridized carbons (Fsp3) is 0.300. The van der Waals surface area contributed by atoms with E-state index in [2.05, 4.69) is 5.32 Å². The molecule has 1 aliphatic heterocycles. The van der Waals surface area contributed by atoms with Crippen molar-refractivity contribution in [1.29, 1.82) is 0 Å². The normalized spacial score (nSPS) is 16.8. The van der Waals surface area contributed by atoms with Gasteiger partial charge in [0.1, 0.15) is 5.75 Å². The molecule has 5 heteroatoms. The zero-order valence-electron chi connectivity index (χ0n) is 14.5. The molecule has 0 radical (unpaired) electrons. The second kappa shape index (κ2) is 7.38. The number of hydrogen-bond donors (Lipinski definition) is 1. The van der Waals surface area contributed by atoms with Crippen LogP contribution >= 0.6 is 0 Å². The van der Waals surface area contributed by atoms with Crippen LogP contribution in [0.15, 0.2) is 48.5 Å². The summed E-state index contributed by atoms with van der Waals surface area (Å²) >= 11 is 0. The molecule has 1 fully saturated rings. The zero-order valence-corrected chi connectivity index (χ0v) is 14.5. The predicted octanol–water partition coefficient (Wildman–Crippen LogP) is 2.60. The van der Waals surface area contributed by atoms with Gasteiger partial charge in [0.25, 0.3) is 5.91 Å². The largest absolute Gasteiger partial charge is 0.484 e. The van der Waals surface area contributed by atoms with Gasteiger partial charge >= 0.3 is 0 Å². The molecule has 0 saturated carbocycles. The van der Waals surface area contributed by atoms with Gasteiger partial charge in [-0.1, -0.05) is 35.4 Å². The van der Waals surface area contributed by atoms with Crippen molar-refractivity contribution in [3.05, 3.63) is 59.7 Å². The van der Waals surface area contributed by atoms with Crippen molar-refractivity contribution in [2.45, 2.75) is 26.3 Å². The van der Waals surface area contributed by atoms with E-state index in [1.165, 1.54) is 0 Å². The molecule has 0 unspecified atom stereocenters. The van der Waals surface area contributed by atoms with Crippen LogP contribution in [0.1, 0.15) is 17.5 Å².